The number of nitrogens with two attached hydrogens (primary N) is 1. The molecule has 2 amide bonds. The van der Waals surface area contributed by atoms with Gasteiger partial charge in [0.15, 0.2) is 0 Å². The summed E-state index contributed by atoms with van der Waals surface area (Å²) in [4.78, 5) is 33.4. The molecule has 1 aliphatic carbocycles. The zero-order valence-electron chi connectivity index (χ0n) is 22.2. The number of ether oxygens (including phenoxy) is 1. The van der Waals surface area contributed by atoms with Crippen LogP contribution in [0, 0.1) is 0 Å². The number of aryl methyl sites for hydroxylation is 1. The zero-order valence-corrected chi connectivity index (χ0v) is 22.2. The highest BCUT2D eigenvalue weighted by Gasteiger charge is 2.31. The lowest BCUT2D eigenvalue weighted by molar-refractivity contribution is -0.112. The maximum atomic E-state index is 13.4. The Morgan fingerprint density at radius 2 is 1.80 bits per heavy atom. The highest BCUT2D eigenvalue weighted by Crippen LogP contribution is 2.43. The van der Waals surface area contributed by atoms with Crippen molar-refractivity contribution in [3.05, 3.63) is 66.5 Å². The number of nitrogens with one attached hydrogen (secondary N) is 2. The number of carbonyl (C=O) groups is 2. The molecule has 4 aromatic rings. The van der Waals surface area contributed by atoms with Crippen LogP contribution in [0.4, 0.5) is 24.7 Å². The van der Waals surface area contributed by atoms with E-state index < -0.39 is 18.7 Å². The van der Waals surface area contributed by atoms with E-state index in [2.05, 4.69) is 27.2 Å². The van der Waals surface area contributed by atoms with Crippen molar-refractivity contribution in [1.29, 1.82) is 0 Å². The SMILES string of the molecule is C=C(C)C(=O)Nc1ccc(-c2c(-c3ccc(C(=O)N[C@H]4C[C@H](F)C4)c(OC(F)F)c3)c3c(N)ncnc3n2C)cc1. The van der Waals surface area contributed by atoms with Crippen LogP contribution in [0.1, 0.15) is 30.1 Å². The number of rotatable bonds is 8. The predicted octanol–water partition coefficient (Wildman–Crippen LogP) is 5.23. The van der Waals surface area contributed by atoms with Crippen LogP contribution in [0.2, 0.25) is 0 Å². The number of amides is 2. The molecule has 41 heavy (non-hydrogen) atoms. The van der Waals surface area contributed by atoms with Crippen LogP contribution in [0.5, 0.6) is 5.75 Å². The Balaban J connectivity index is 1.62. The Labute approximate surface area is 233 Å². The van der Waals surface area contributed by atoms with Gasteiger partial charge in [0.2, 0.25) is 0 Å². The van der Waals surface area contributed by atoms with Crippen molar-refractivity contribution in [2.45, 2.75) is 38.6 Å². The molecule has 9 nitrogen and oxygen atoms in total. The standard InChI is InChI=1S/C29H27F3N6O3/c1-14(2)27(39)36-18-7-4-15(5-8-18)24-22(23-25(33)34-13-35-26(23)38(24)3)16-6-9-20(21(10-16)41-29(31)32)28(40)37-19-11-17(30)12-19/h4-10,13,17,19,29H,1,11-12H2,2-3H3,(H,36,39)(H,37,40)(H2,33,34,35)/t17-,19-. The van der Waals surface area contributed by atoms with Gasteiger partial charge in [-0.15, -0.1) is 0 Å². The van der Waals surface area contributed by atoms with Gasteiger partial charge in [0.05, 0.1) is 16.6 Å². The minimum atomic E-state index is -3.20. The smallest absolute Gasteiger partial charge is 0.387 e. The largest absolute Gasteiger partial charge is 0.434 e. The number of fused-ring (bicyclic) bond motifs is 1. The lowest BCUT2D eigenvalue weighted by Crippen LogP contribution is -2.45. The summed E-state index contributed by atoms with van der Waals surface area (Å²) in [7, 11) is 1.78. The van der Waals surface area contributed by atoms with Gasteiger partial charge in [-0.3, -0.25) is 9.59 Å². The van der Waals surface area contributed by atoms with E-state index in [1.807, 2.05) is 0 Å². The Morgan fingerprint density at radius 3 is 2.44 bits per heavy atom. The fourth-order valence-corrected chi connectivity index (χ4v) is 4.83. The van der Waals surface area contributed by atoms with E-state index in [-0.39, 0.29) is 41.9 Å². The van der Waals surface area contributed by atoms with Crippen LogP contribution in [0.25, 0.3) is 33.4 Å². The Bertz CT molecular complexity index is 1660. The van der Waals surface area contributed by atoms with Gasteiger partial charge in [-0.05, 0) is 55.2 Å². The van der Waals surface area contributed by atoms with E-state index in [9.17, 15) is 22.8 Å². The highest BCUT2D eigenvalue weighted by molar-refractivity contribution is 6.09. The minimum absolute atomic E-state index is 0.111. The first-order valence-electron chi connectivity index (χ1n) is 12.7. The van der Waals surface area contributed by atoms with Crippen molar-refractivity contribution in [3.63, 3.8) is 0 Å². The molecule has 0 unspecified atom stereocenters. The van der Waals surface area contributed by atoms with Crippen LogP contribution in [0.3, 0.4) is 0 Å². The molecule has 2 heterocycles. The van der Waals surface area contributed by atoms with Gasteiger partial charge in [0.1, 0.15) is 29.7 Å². The third-order valence-corrected chi connectivity index (χ3v) is 6.95. The molecule has 5 rings (SSSR count). The molecule has 0 atom stereocenters. The Morgan fingerprint density at radius 1 is 1.12 bits per heavy atom. The van der Waals surface area contributed by atoms with E-state index in [4.69, 9.17) is 10.5 Å². The number of hydrogen-bond donors (Lipinski definition) is 3. The Kier molecular flexibility index (Phi) is 7.40. The molecule has 2 aromatic heterocycles. The summed E-state index contributed by atoms with van der Waals surface area (Å²) in [5, 5.41) is 5.89. The van der Waals surface area contributed by atoms with Crippen LogP contribution >= 0.6 is 0 Å². The highest BCUT2D eigenvalue weighted by atomic mass is 19.3. The van der Waals surface area contributed by atoms with Gasteiger partial charge in [0, 0.05) is 29.9 Å². The van der Waals surface area contributed by atoms with Gasteiger partial charge in [-0.1, -0.05) is 24.8 Å². The quantitative estimate of drug-likeness (QED) is 0.252. The number of nitrogen functional groups attached to an aromatic ring is 1. The van der Waals surface area contributed by atoms with Crippen LogP contribution in [-0.4, -0.2) is 45.2 Å². The van der Waals surface area contributed by atoms with E-state index in [1.165, 1.54) is 18.5 Å². The summed E-state index contributed by atoms with van der Waals surface area (Å²) in [5.74, 6) is -1.13. The molecule has 0 saturated heterocycles. The minimum Gasteiger partial charge on any atom is -0.434 e. The maximum Gasteiger partial charge on any atom is 0.387 e. The van der Waals surface area contributed by atoms with Crippen LogP contribution < -0.4 is 21.1 Å². The molecule has 2 aromatic carbocycles. The van der Waals surface area contributed by atoms with Crippen molar-refractivity contribution < 1.29 is 27.5 Å². The zero-order chi connectivity index (χ0) is 29.4. The average molecular weight is 565 g/mol. The molecule has 12 heteroatoms. The van der Waals surface area contributed by atoms with Crippen LogP contribution in [-0.2, 0) is 11.8 Å². The number of alkyl halides is 3. The second kappa shape index (κ2) is 11.0. The van der Waals surface area contributed by atoms with Gasteiger partial charge in [0.25, 0.3) is 11.8 Å². The number of carbonyl (C=O) groups excluding carboxylic acids is 2. The van der Waals surface area contributed by atoms with E-state index in [1.54, 1.807) is 48.9 Å². The molecule has 4 N–H and O–H groups in total. The van der Waals surface area contributed by atoms with Crippen molar-refractivity contribution in [2.75, 3.05) is 11.1 Å². The van der Waals surface area contributed by atoms with Gasteiger partial charge in [-0.2, -0.15) is 8.78 Å². The first-order valence-corrected chi connectivity index (χ1v) is 12.7. The molecular weight excluding hydrogens is 537 g/mol. The second-order valence-electron chi connectivity index (χ2n) is 9.88. The number of aromatic nitrogens is 3. The van der Waals surface area contributed by atoms with Crippen molar-refractivity contribution in [1.82, 2.24) is 19.9 Å². The first-order chi connectivity index (χ1) is 19.5. The lowest BCUT2D eigenvalue weighted by atomic mass is 9.90. The fourth-order valence-electron chi connectivity index (χ4n) is 4.83. The third kappa shape index (κ3) is 5.45. The number of benzene rings is 2. The number of halogens is 3. The van der Waals surface area contributed by atoms with E-state index in [0.717, 1.165) is 0 Å². The van der Waals surface area contributed by atoms with Crippen molar-refractivity contribution in [2.24, 2.45) is 7.05 Å². The number of anilines is 2. The summed E-state index contributed by atoms with van der Waals surface area (Å²) >= 11 is 0. The molecule has 1 fully saturated rings. The van der Waals surface area contributed by atoms with E-state index >= 15 is 0 Å². The van der Waals surface area contributed by atoms with E-state index in [0.29, 0.717) is 44.7 Å². The molecule has 1 saturated carbocycles. The van der Waals surface area contributed by atoms with Gasteiger partial charge in [-0.25, -0.2) is 14.4 Å². The fraction of sp³-hybridized carbons (Fsp3) is 0.241. The molecular formula is C29H27F3N6O3. The number of hydrogen-bond acceptors (Lipinski definition) is 6. The summed E-state index contributed by atoms with van der Waals surface area (Å²) in [6, 6.07) is 10.9. The molecule has 0 radical (unpaired) electrons. The Hall–Kier alpha value is -4.87. The maximum absolute atomic E-state index is 13.4. The summed E-state index contributed by atoms with van der Waals surface area (Å²) in [6.45, 7) is 2.04. The topological polar surface area (TPSA) is 124 Å². The summed E-state index contributed by atoms with van der Waals surface area (Å²) in [6.07, 6.45) is 0.669. The molecule has 212 valence electrons. The third-order valence-electron chi connectivity index (χ3n) is 6.95. The van der Waals surface area contributed by atoms with Gasteiger partial charge >= 0.3 is 6.61 Å². The number of nitrogens with zero attached hydrogens (tertiary/aromatic N) is 3. The normalized spacial score (nSPS) is 16.3. The molecule has 1 aliphatic rings. The van der Waals surface area contributed by atoms with Crippen molar-refractivity contribution >= 4 is 34.4 Å². The monoisotopic (exact) mass is 564 g/mol. The average Bonchev–Trinajstić information content (AvgIpc) is 3.21. The predicted molar refractivity (Wildman–Crippen MR) is 149 cm³/mol. The van der Waals surface area contributed by atoms with Crippen LogP contribution in [0.15, 0.2) is 60.9 Å². The summed E-state index contributed by atoms with van der Waals surface area (Å²) in [5.41, 5.74) is 9.86. The van der Waals surface area contributed by atoms with Gasteiger partial charge < -0.3 is 25.7 Å². The molecule has 0 bridgehead atoms. The first kappa shape index (κ1) is 27.7. The molecule has 0 spiro atoms. The molecule has 0 aliphatic heterocycles. The van der Waals surface area contributed by atoms with Crippen molar-refractivity contribution in [3.8, 4) is 28.1 Å². The second-order valence-corrected chi connectivity index (χ2v) is 9.88. The summed E-state index contributed by atoms with van der Waals surface area (Å²) < 4.78 is 46.7. The lowest BCUT2D eigenvalue weighted by Gasteiger charge is -2.30.